The maximum Gasteiger partial charge on any atom is 0.341 e. The minimum absolute atomic E-state index is 0.156. The van der Waals surface area contributed by atoms with Gasteiger partial charge >= 0.3 is 5.97 Å². The van der Waals surface area contributed by atoms with Crippen LogP contribution >= 0.6 is 0 Å². The molecule has 0 bridgehead atoms. The minimum Gasteiger partial charge on any atom is -0.482 e. The first kappa shape index (κ1) is 16.3. The van der Waals surface area contributed by atoms with Crippen LogP contribution in [0.4, 0.5) is 5.69 Å². The zero-order valence-corrected chi connectivity index (χ0v) is 12.8. The molecule has 120 valence electrons. The van der Waals surface area contributed by atoms with Crippen LogP contribution in [0.2, 0.25) is 0 Å². The van der Waals surface area contributed by atoms with Crippen molar-refractivity contribution >= 4 is 17.6 Å². The van der Waals surface area contributed by atoms with E-state index in [-0.39, 0.29) is 11.8 Å². The van der Waals surface area contributed by atoms with E-state index in [2.05, 4.69) is 5.32 Å². The van der Waals surface area contributed by atoms with Crippen LogP contribution in [0.1, 0.15) is 26.7 Å². The van der Waals surface area contributed by atoms with Crippen molar-refractivity contribution in [2.24, 2.45) is 5.92 Å². The van der Waals surface area contributed by atoms with Crippen molar-refractivity contribution < 1.29 is 24.2 Å². The molecule has 0 spiro atoms. The van der Waals surface area contributed by atoms with Gasteiger partial charge in [0.25, 0.3) is 5.91 Å². The third kappa shape index (κ3) is 3.98. The number of rotatable bonds is 8. The standard InChI is InChI=1S/C16H21NO5/c1-3-22-16(2,11-4-5-11)15(20)17-12-6-8-13(9-7-12)21-10-14(18)19/h6-9,11H,3-5,10H2,1-2H3,(H,17,20)(H,18,19)/t16-/m1/s1. The summed E-state index contributed by atoms with van der Waals surface area (Å²) in [5.41, 5.74) is -0.174. The number of carboxylic acids is 1. The van der Waals surface area contributed by atoms with Gasteiger partial charge in [-0.25, -0.2) is 4.79 Å². The Morgan fingerprint density at radius 1 is 1.32 bits per heavy atom. The first-order chi connectivity index (χ1) is 10.5. The Labute approximate surface area is 129 Å². The molecule has 0 saturated heterocycles. The second kappa shape index (κ2) is 6.79. The molecule has 22 heavy (non-hydrogen) atoms. The van der Waals surface area contributed by atoms with Crippen molar-refractivity contribution in [1.82, 2.24) is 0 Å². The number of anilines is 1. The lowest BCUT2D eigenvalue weighted by Gasteiger charge is -2.28. The van der Waals surface area contributed by atoms with Crippen LogP contribution in [0.5, 0.6) is 5.75 Å². The highest BCUT2D eigenvalue weighted by Crippen LogP contribution is 2.42. The topological polar surface area (TPSA) is 84.9 Å². The molecular formula is C16H21NO5. The number of amides is 1. The Balaban J connectivity index is 1.97. The van der Waals surface area contributed by atoms with Gasteiger partial charge in [-0.05, 0) is 56.9 Å². The molecule has 1 atom stereocenters. The Morgan fingerprint density at radius 3 is 2.45 bits per heavy atom. The van der Waals surface area contributed by atoms with Crippen LogP contribution in [-0.2, 0) is 14.3 Å². The lowest BCUT2D eigenvalue weighted by atomic mass is 9.99. The van der Waals surface area contributed by atoms with Crippen LogP contribution in [-0.4, -0.2) is 35.8 Å². The molecule has 0 aromatic heterocycles. The Bertz CT molecular complexity index is 538. The molecule has 0 unspecified atom stereocenters. The maximum absolute atomic E-state index is 12.5. The molecule has 1 aromatic rings. The lowest BCUT2D eigenvalue weighted by Crippen LogP contribution is -2.44. The lowest BCUT2D eigenvalue weighted by molar-refractivity contribution is -0.141. The Morgan fingerprint density at radius 2 is 1.95 bits per heavy atom. The summed E-state index contributed by atoms with van der Waals surface area (Å²) in [6, 6.07) is 6.59. The van der Waals surface area contributed by atoms with Gasteiger partial charge in [0, 0.05) is 12.3 Å². The third-order valence-electron chi connectivity index (χ3n) is 3.73. The number of hydrogen-bond donors (Lipinski definition) is 2. The van der Waals surface area contributed by atoms with Crippen LogP contribution in [0.25, 0.3) is 0 Å². The zero-order valence-electron chi connectivity index (χ0n) is 12.8. The summed E-state index contributed by atoms with van der Waals surface area (Å²) >= 11 is 0. The second-order valence-electron chi connectivity index (χ2n) is 5.48. The van der Waals surface area contributed by atoms with Crippen LogP contribution in [0, 0.1) is 5.92 Å². The van der Waals surface area contributed by atoms with E-state index in [1.807, 2.05) is 13.8 Å². The van der Waals surface area contributed by atoms with Gasteiger partial charge in [0.15, 0.2) is 6.61 Å². The Hall–Kier alpha value is -2.08. The summed E-state index contributed by atoms with van der Waals surface area (Å²) in [4.78, 5) is 22.9. The van der Waals surface area contributed by atoms with E-state index in [4.69, 9.17) is 14.6 Å². The van der Waals surface area contributed by atoms with Crippen molar-refractivity contribution in [2.45, 2.75) is 32.3 Å². The molecule has 1 aliphatic carbocycles. The summed E-state index contributed by atoms with van der Waals surface area (Å²) in [5.74, 6) is -0.480. The number of ether oxygens (including phenoxy) is 2. The molecule has 6 nitrogen and oxygen atoms in total. The van der Waals surface area contributed by atoms with Gasteiger partial charge in [-0.2, -0.15) is 0 Å². The normalized spacial score (nSPS) is 16.6. The molecule has 2 rings (SSSR count). The van der Waals surface area contributed by atoms with Crippen molar-refractivity contribution in [3.63, 3.8) is 0 Å². The summed E-state index contributed by atoms with van der Waals surface area (Å²) < 4.78 is 10.7. The van der Waals surface area contributed by atoms with Crippen LogP contribution in [0.3, 0.4) is 0 Å². The number of carboxylic acid groups (broad SMARTS) is 1. The second-order valence-corrected chi connectivity index (χ2v) is 5.48. The van der Waals surface area contributed by atoms with E-state index in [0.29, 0.717) is 18.0 Å². The first-order valence-corrected chi connectivity index (χ1v) is 7.35. The quantitative estimate of drug-likeness (QED) is 0.769. The predicted molar refractivity (Wildman–Crippen MR) is 81.0 cm³/mol. The molecule has 0 aliphatic heterocycles. The van der Waals surface area contributed by atoms with E-state index in [0.717, 1.165) is 12.8 Å². The van der Waals surface area contributed by atoms with E-state index >= 15 is 0 Å². The molecule has 0 radical (unpaired) electrons. The van der Waals surface area contributed by atoms with Gasteiger partial charge in [-0.3, -0.25) is 4.79 Å². The number of carbonyl (C=O) groups is 2. The molecule has 1 fully saturated rings. The summed E-state index contributed by atoms with van der Waals surface area (Å²) in [5, 5.41) is 11.4. The van der Waals surface area contributed by atoms with Gasteiger partial charge in [-0.15, -0.1) is 0 Å². The number of aliphatic carboxylic acids is 1. The fourth-order valence-corrected chi connectivity index (χ4v) is 2.34. The molecule has 2 N–H and O–H groups in total. The molecule has 6 heteroatoms. The van der Waals surface area contributed by atoms with E-state index < -0.39 is 18.2 Å². The van der Waals surface area contributed by atoms with E-state index in [1.165, 1.54) is 0 Å². The number of nitrogens with one attached hydrogen (secondary N) is 1. The highest BCUT2D eigenvalue weighted by atomic mass is 16.5. The zero-order chi connectivity index (χ0) is 16.2. The maximum atomic E-state index is 12.5. The monoisotopic (exact) mass is 307 g/mol. The highest BCUT2D eigenvalue weighted by molar-refractivity contribution is 5.97. The molecule has 1 amide bonds. The first-order valence-electron chi connectivity index (χ1n) is 7.35. The van der Waals surface area contributed by atoms with Crippen molar-refractivity contribution in [3.05, 3.63) is 24.3 Å². The molecule has 1 aliphatic rings. The minimum atomic E-state index is -1.03. The average Bonchev–Trinajstić information content (AvgIpc) is 3.31. The van der Waals surface area contributed by atoms with Gasteiger partial charge in [-0.1, -0.05) is 0 Å². The number of carbonyl (C=O) groups excluding carboxylic acids is 1. The third-order valence-corrected chi connectivity index (χ3v) is 3.73. The van der Waals surface area contributed by atoms with Crippen LogP contribution in [0.15, 0.2) is 24.3 Å². The van der Waals surface area contributed by atoms with Crippen molar-refractivity contribution in [3.8, 4) is 5.75 Å². The molecule has 1 aromatic carbocycles. The summed E-state index contributed by atoms with van der Waals surface area (Å²) in [6.45, 7) is 3.80. The number of hydrogen-bond acceptors (Lipinski definition) is 4. The van der Waals surface area contributed by atoms with Crippen molar-refractivity contribution in [1.29, 1.82) is 0 Å². The largest absolute Gasteiger partial charge is 0.482 e. The predicted octanol–water partition coefficient (Wildman–Crippen LogP) is 2.29. The van der Waals surface area contributed by atoms with Gasteiger partial charge in [0.2, 0.25) is 0 Å². The molecule has 0 heterocycles. The van der Waals surface area contributed by atoms with Gasteiger partial charge in [0.1, 0.15) is 11.4 Å². The molecule has 1 saturated carbocycles. The average molecular weight is 307 g/mol. The van der Waals surface area contributed by atoms with E-state index in [9.17, 15) is 9.59 Å². The fraction of sp³-hybridized carbons (Fsp3) is 0.500. The molecular weight excluding hydrogens is 286 g/mol. The van der Waals surface area contributed by atoms with Gasteiger partial charge in [0.05, 0.1) is 0 Å². The SMILES string of the molecule is CCO[C@@](C)(C(=O)Nc1ccc(OCC(=O)O)cc1)C1CC1. The number of benzene rings is 1. The van der Waals surface area contributed by atoms with Gasteiger partial charge < -0.3 is 19.9 Å². The van der Waals surface area contributed by atoms with Crippen molar-refractivity contribution in [2.75, 3.05) is 18.5 Å². The Kier molecular flexibility index (Phi) is 5.03. The smallest absolute Gasteiger partial charge is 0.341 e. The summed E-state index contributed by atoms with van der Waals surface area (Å²) in [6.07, 6.45) is 2.01. The van der Waals surface area contributed by atoms with E-state index in [1.54, 1.807) is 24.3 Å². The highest BCUT2D eigenvalue weighted by Gasteiger charge is 2.48. The summed E-state index contributed by atoms with van der Waals surface area (Å²) in [7, 11) is 0. The fourth-order valence-electron chi connectivity index (χ4n) is 2.34. The van der Waals surface area contributed by atoms with Crippen LogP contribution < -0.4 is 10.1 Å².